The summed E-state index contributed by atoms with van der Waals surface area (Å²) in [4.78, 5) is 79.2. The number of esters is 4. The lowest BCUT2D eigenvalue weighted by Crippen LogP contribution is -2.60. The van der Waals surface area contributed by atoms with Crippen LogP contribution in [-0.2, 0) is 59.0 Å². The average molecular weight is 780 g/mol. The van der Waals surface area contributed by atoms with Crippen LogP contribution in [-0.4, -0.2) is 83.1 Å². The van der Waals surface area contributed by atoms with Gasteiger partial charge in [-0.05, 0) is 29.8 Å². The highest BCUT2D eigenvalue weighted by Gasteiger charge is 2.54. The molecule has 16 heteroatoms. The molecule has 0 aliphatic carbocycles. The van der Waals surface area contributed by atoms with Gasteiger partial charge in [0.2, 0.25) is 5.88 Å². The first-order valence-corrected chi connectivity index (χ1v) is 17.7. The van der Waals surface area contributed by atoms with Gasteiger partial charge in [-0.1, -0.05) is 60.4 Å². The Morgan fingerprint density at radius 1 is 0.825 bits per heavy atom. The van der Waals surface area contributed by atoms with Gasteiger partial charge in [0.25, 0.3) is 5.91 Å². The highest BCUT2D eigenvalue weighted by molar-refractivity contribution is 6.25. The Kier molecular flexibility index (Phi) is 12.0. The molecule has 0 saturated carbocycles. The predicted octanol–water partition coefficient (Wildman–Crippen LogP) is 2.24. The summed E-state index contributed by atoms with van der Waals surface area (Å²) >= 11 is 0. The van der Waals surface area contributed by atoms with Crippen LogP contribution in [0, 0.1) is 11.8 Å². The lowest BCUT2D eigenvalue weighted by Gasteiger charge is -2.45. The summed E-state index contributed by atoms with van der Waals surface area (Å²) in [7, 11) is 0. The maximum Gasteiger partial charge on any atom is 0.408 e. The summed E-state index contributed by atoms with van der Waals surface area (Å²) in [5.74, 6) is 1.47. The quantitative estimate of drug-likeness (QED) is 0.135. The van der Waals surface area contributed by atoms with E-state index in [1.54, 1.807) is 42.5 Å². The Labute approximate surface area is 324 Å². The Hall–Kier alpha value is -6.99. The summed E-state index contributed by atoms with van der Waals surface area (Å²) in [6.45, 7) is 4.04. The second-order valence-corrected chi connectivity index (χ2v) is 12.9. The van der Waals surface area contributed by atoms with Crippen LogP contribution in [0.15, 0.2) is 77.8 Å². The van der Waals surface area contributed by atoms with E-state index in [-0.39, 0.29) is 24.3 Å². The number of hydrogen-bond donors (Lipinski definition) is 2. The number of para-hydroxylation sites is 1. The minimum Gasteiger partial charge on any atom is -0.494 e. The van der Waals surface area contributed by atoms with Gasteiger partial charge < -0.3 is 38.8 Å². The molecular formula is C41H37N3O13. The van der Waals surface area contributed by atoms with Crippen LogP contribution >= 0.6 is 0 Å². The van der Waals surface area contributed by atoms with Crippen molar-refractivity contribution in [2.24, 2.45) is 4.99 Å². The molecule has 57 heavy (non-hydrogen) atoms. The number of amides is 2. The van der Waals surface area contributed by atoms with E-state index in [9.17, 15) is 33.9 Å². The van der Waals surface area contributed by atoms with Crippen LogP contribution in [0.3, 0.4) is 0 Å². The molecule has 3 aromatic carbocycles. The topological polar surface area (TPSA) is 207 Å². The number of nitrogens with one attached hydrogen (secondary N) is 1. The molecule has 6 rings (SSSR count). The van der Waals surface area contributed by atoms with E-state index < -0.39 is 79.0 Å². The van der Waals surface area contributed by atoms with Crippen molar-refractivity contribution in [3.63, 3.8) is 0 Å². The number of hydrogen-bond acceptors (Lipinski definition) is 13. The van der Waals surface area contributed by atoms with Crippen molar-refractivity contribution in [1.29, 1.82) is 0 Å². The number of ether oxygens (including phenoxy) is 6. The first-order valence-electron chi connectivity index (χ1n) is 17.7. The molecule has 1 aromatic heterocycles. The number of aromatic nitrogens is 1. The predicted molar refractivity (Wildman–Crippen MR) is 197 cm³/mol. The molecule has 4 aromatic rings. The monoisotopic (exact) mass is 779 g/mol. The van der Waals surface area contributed by atoms with E-state index in [4.69, 9.17) is 28.4 Å². The minimum atomic E-state index is -1.55. The third kappa shape index (κ3) is 8.95. The van der Waals surface area contributed by atoms with Crippen molar-refractivity contribution in [1.82, 2.24) is 9.88 Å². The molecule has 1 saturated heterocycles. The van der Waals surface area contributed by atoms with Crippen molar-refractivity contribution in [2.75, 3.05) is 13.2 Å². The summed E-state index contributed by atoms with van der Waals surface area (Å²) in [5.41, 5.74) is 1.67. The minimum absolute atomic E-state index is 0.0225. The number of carbonyl (C=O) groups excluding carboxylic acids is 6. The molecule has 0 radical (unpaired) electrons. The van der Waals surface area contributed by atoms with Gasteiger partial charge in [-0.15, -0.1) is 0 Å². The van der Waals surface area contributed by atoms with Crippen molar-refractivity contribution in [2.45, 2.75) is 64.9 Å². The molecule has 2 amide bonds. The Morgan fingerprint density at radius 2 is 1.49 bits per heavy atom. The summed E-state index contributed by atoms with van der Waals surface area (Å²) in [5, 5.41) is 15.8. The molecule has 2 N–H and O–H groups in total. The average Bonchev–Trinajstić information content (AvgIpc) is 3.64. The SMILES string of the molecule is CC(=O)OC[C@H]1O[C@@H](n2c(O)c(C3=c4cc(C#CCNC(=O)OCc5ccccc5)ccc4=NC3=O)c3ccccc32)[C@H](OC(C)=O)[C@@H](OC(C)=O)[C@@H]1OC(C)=O. The summed E-state index contributed by atoms with van der Waals surface area (Å²) < 4.78 is 34.8. The van der Waals surface area contributed by atoms with Gasteiger partial charge in [-0.25, -0.2) is 9.79 Å². The number of alkyl carbamates (subject to hydrolysis) is 1. The smallest absolute Gasteiger partial charge is 0.408 e. The summed E-state index contributed by atoms with van der Waals surface area (Å²) in [6.07, 6.45) is -7.96. The Bertz CT molecular complexity index is 2450. The number of nitrogens with zero attached hydrogens (tertiary/aromatic N) is 2. The van der Waals surface area contributed by atoms with Gasteiger partial charge in [-0.3, -0.25) is 28.5 Å². The fourth-order valence-electron chi connectivity index (χ4n) is 6.64. The van der Waals surface area contributed by atoms with Crippen LogP contribution in [0.4, 0.5) is 4.79 Å². The standard InChI is InChI=1S/C41H37N3O13/c1-22(45)52-21-32-35(54-23(2)46)36(55-24(3)47)37(56-25(4)48)40(57-32)44-31-15-9-8-14-28(31)34(39(44)50)33-29-19-26(16-17-30(29)43-38(33)49)13-10-18-42-41(51)53-20-27-11-6-5-7-12-27/h5-9,11-12,14-17,19,32,35-37,40,50H,18,20-21H2,1-4H3,(H,42,51)/t32-,35-,36+,37-,40-/m1/s1. The van der Waals surface area contributed by atoms with E-state index >= 15 is 0 Å². The zero-order valence-electron chi connectivity index (χ0n) is 31.2. The Balaban J connectivity index is 1.40. The molecule has 0 unspecified atom stereocenters. The lowest BCUT2D eigenvalue weighted by atomic mass is 9.97. The molecule has 2 aliphatic rings. The Morgan fingerprint density at radius 3 is 2.19 bits per heavy atom. The number of carbonyl (C=O) groups is 6. The van der Waals surface area contributed by atoms with Crippen LogP contribution in [0.25, 0.3) is 16.5 Å². The highest BCUT2D eigenvalue weighted by atomic mass is 16.7. The van der Waals surface area contributed by atoms with Crippen LogP contribution in [0.2, 0.25) is 0 Å². The van der Waals surface area contributed by atoms with Crippen molar-refractivity contribution < 1.29 is 62.3 Å². The highest BCUT2D eigenvalue weighted by Crippen LogP contribution is 2.44. The molecule has 0 spiro atoms. The molecule has 5 atom stereocenters. The van der Waals surface area contributed by atoms with Crippen LogP contribution < -0.4 is 15.9 Å². The van der Waals surface area contributed by atoms with Gasteiger partial charge in [0.1, 0.15) is 19.3 Å². The van der Waals surface area contributed by atoms with Gasteiger partial charge in [0.15, 0.2) is 24.5 Å². The molecule has 1 fully saturated rings. The largest absolute Gasteiger partial charge is 0.494 e. The molecule has 294 valence electrons. The first-order chi connectivity index (χ1) is 27.3. The van der Waals surface area contributed by atoms with Crippen LogP contribution in [0.5, 0.6) is 5.88 Å². The number of rotatable bonds is 10. The lowest BCUT2D eigenvalue weighted by molar-refractivity contribution is -0.268. The van der Waals surface area contributed by atoms with E-state index in [1.165, 1.54) is 4.57 Å². The van der Waals surface area contributed by atoms with E-state index in [1.807, 2.05) is 30.3 Å². The van der Waals surface area contributed by atoms with E-state index in [2.05, 4.69) is 22.2 Å². The van der Waals surface area contributed by atoms with Crippen molar-refractivity contribution in [3.05, 3.63) is 100 Å². The van der Waals surface area contributed by atoms with Gasteiger partial charge in [-0.2, -0.15) is 0 Å². The zero-order chi connectivity index (χ0) is 40.8. The molecule has 0 bridgehead atoms. The van der Waals surface area contributed by atoms with E-state index in [0.717, 1.165) is 33.3 Å². The number of fused-ring (bicyclic) bond motifs is 2. The molecule has 3 heterocycles. The molecule has 2 aliphatic heterocycles. The second-order valence-electron chi connectivity index (χ2n) is 12.9. The third-order valence-corrected chi connectivity index (χ3v) is 8.82. The zero-order valence-corrected chi connectivity index (χ0v) is 31.2. The maximum atomic E-state index is 13.7. The number of aromatic hydroxyl groups is 1. The normalized spacial score (nSPS) is 19.6. The molecular weight excluding hydrogens is 742 g/mol. The van der Waals surface area contributed by atoms with Gasteiger partial charge >= 0.3 is 30.0 Å². The third-order valence-electron chi connectivity index (χ3n) is 8.82. The molecule has 16 nitrogen and oxygen atoms in total. The number of benzene rings is 3. The van der Waals surface area contributed by atoms with Gasteiger partial charge in [0.05, 0.1) is 28.6 Å². The van der Waals surface area contributed by atoms with Gasteiger partial charge in [0, 0.05) is 43.9 Å². The second kappa shape index (κ2) is 17.2. The fourth-order valence-corrected chi connectivity index (χ4v) is 6.64. The maximum absolute atomic E-state index is 13.7. The fraction of sp³-hybridized carbons (Fsp3) is 0.293. The van der Waals surface area contributed by atoms with Crippen molar-refractivity contribution in [3.8, 4) is 17.7 Å². The first kappa shape index (κ1) is 39.7. The summed E-state index contributed by atoms with van der Waals surface area (Å²) in [6, 6.07) is 20.7. The van der Waals surface area contributed by atoms with Crippen molar-refractivity contribution >= 4 is 52.4 Å². The van der Waals surface area contributed by atoms with E-state index in [0.29, 0.717) is 27.0 Å². The van der Waals surface area contributed by atoms with Crippen LogP contribution in [0.1, 0.15) is 50.6 Å².